The second-order valence-electron chi connectivity index (χ2n) is 6.48. The zero-order chi connectivity index (χ0) is 19.7. The number of aromatic amines is 1. The van der Waals surface area contributed by atoms with Crippen molar-refractivity contribution in [3.63, 3.8) is 0 Å². The second kappa shape index (κ2) is 7.40. The molecule has 28 heavy (non-hydrogen) atoms. The van der Waals surface area contributed by atoms with E-state index in [9.17, 15) is 4.79 Å². The molecule has 1 aliphatic rings. The van der Waals surface area contributed by atoms with E-state index >= 15 is 0 Å². The number of amides is 1. The lowest BCUT2D eigenvalue weighted by Crippen LogP contribution is -2.33. The smallest absolute Gasteiger partial charge is 0.258 e. The fraction of sp³-hybridized carbons (Fsp3) is 0.200. The highest BCUT2D eigenvalue weighted by Gasteiger charge is 2.27. The molecule has 1 amide bonds. The highest BCUT2D eigenvalue weighted by molar-refractivity contribution is 7.71. The van der Waals surface area contributed by atoms with Crippen molar-refractivity contribution in [3.8, 4) is 11.4 Å². The molecule has 0 atom stereocenters. The average molecular weight is 393 g/mol. The number of aryl methyl sites for hydroxylation is 1. The van der Waals surface area contributed by atoms with E-state index in [0.29, 0.717) is 23.6 Å². The van der Waals surface area contributed by atoms with Crippen LogP contribution in [0.1, 0.15) is 24.0 Å². The van der Waals surface area contributed by atoms with Crippen molar-refractivity contribution < 1.29 is 9.53 Å². The Kier molecular flexibility index (Phi) is 4.79. The number of nitrogens with one attached hydrogen (secondary N) is 1. The first kappa shape index (κ1) is 18.1. The molecule has 0 radical (unpaired) electrons. The highest BCUT2D eigenvalue weighted by atomic mass is 32.1. The maximum atomic E-state index is 12.6. The third kappa shape index (κ3) is 3.34. The van der Waals surface area contributed by atoms with Gasteiger partial charge in [-0.1, -0.05) is 17.7 Å². The highest BCUT2D eigenvalue weighted by Crippen LogP contribution is 2.24. The topological polar surface area (TPSA) is 75.5 Å². The second-order valence-corrected chi connectivity index (χ2v) is 6.87. The summed E-state index contributed by atoms with van der Waals surface area (Å²) in [6, 6.07) is 15.5. The van der Waals surface area contributed by atoms with Gasteiger partial charge in [-0.15, -0.1) is 5.10 Å². The molecular formula is C20H19N5O2S. The molecule has 0 unspecified atom stereocenters. The van der Waals surface area contributed by atoms with Crippen LogP contribution in [-0.4, -0.2) is 33.5 Å². The zero-order valence-electron chi connectivity index (χ0n) is 15.5. The first-order chi connectivity index (χ1) is 13.6. The third-order valence-corrected chi connectivity index (χ3v) is 4.87. The fourth-order valence-electron chi connectivity index (χ4n) is 3.06. The number of aromatic nitrogens is 3. The number of benzene rings is 2. The van der Waals surface area contributed by atoms with E-state index in [1.165, 1.54) is 5.01 Å². The van der Waals surface area contributed by atoms with Crippen molar-refractivity contribution in [3.05, 3.63) is 64.4 Å². The van der Waals surface area contributed by atoms with E-state index in [2.05, 4.69) is 15.3 Å². The molecule has 7 nitrogen and oxygen atoms in total. The minimum atomic E-state index is -0.125. The molecule has 1 aromatic heterocycles. The monoisotopic (exact) mass is 393 g/mol. The third-order valence-electron chi connectivity index (χ3n) is 4.59. The van der Waals surface area contributed by atoms with Gasteiger partial charge in [0.1, 0.15) is 5.75 Å². The van der Waals surface area contributed by atoms with Crippen molar-refractivity contribution in [2.75, 3.05) is 12.1 Å². The number of methoxy groups -OCH3 is 1. The number of hydrogen-bond acceptors (Lipinski definition) is 5. The minimum absolute atomic E-state index is 0.125. The van der Waals surface area contributed by atoms with E-state index in [0.717, 1.165) is 28.3 Å². The number of carbonyl (C=O) groups is 1. The van der Waals surface area contributed by atoms with Gasteiger partial charge in [-0.2, -0.15) is 10.1 Å². The van der Waals surface area contributed by atoms with Crippen LogP contribution < -0.4 is 9.75 Å². The Labute approximate surface area is 167 Å². The molecule has 0 bridgehead atoms. The van der Waals surface area contributed by atoms with Crippen molar-refractivity contribution in [2.24, 2.45) is 5.10 Å². The van der Waals surface area contributed by atoms with Gasteiger partial charge >= 0.3 is 0 Å². The van der Waals surface area contributed by atoms with Crippen molar-refractivity contribution in [2.45, 2.75) is 19.8 Å². The van der Waals surface area contributed by atoms with Gasteiger partial charge in [0, 0.05) is 12.8 Å². The maximum Gasteiger partial charge on any atom is 0.258 e. The van der Waals surface area contributed by atoms with Crippen LogP contribution in [0.5, 0.6) is 5.75 Å². The Morgan fingerprint density at radius 2 is 1.79 bits per heavy atom. The Balaban J connectivity index is 1.76. The number of H-pyrrole nitrogens is 1. The number of anilines is 1. The summed E-state index contributed by atoms with van der Waals surface area (Å²) < 4.78 is 7.32. The zero-order valence-corrected chi connectivity index (χ0v) is 16.4. The van der Waals surface area contributed by atoms with E-state index in [-0.39, 0.29) is 5.91 Å². The number of ether oxygens (including phenoxy) is 1. The molecule has 0 spiro atoms. The van der Waals surface area contributed by atoms with E-state index < -0.39 is 0 Å². The van der Waals surface area contributed by atoms with Gasteiger partial charge in [0.05, 0.1) is 18.5 Å². The summed E-state index contributed by atoms with van der Waals surface area (Å²) in [5.74, 6) is 0.998. The van der Waals surface area contributed by atoms with Crippen molar-refractivity contribution in [1.29, 1.82) is 0 Å². The van der Waals surface area contributed by atoms with Crippen LogP contribution in [0.15, 0.2) is 53.6 Å². The molecule has 1 aliphatic heterocycles. The summed E-state index contributed by atoms with van der Waals surface area (Å²) >= 11 is 5.39. The number of carbonyl (C=O) groups excluding carboxylic acids is 1. The van der Waals surface area contributed by atoms with Gasteiger partial charge in [-0.25, -0.2) is 5.10 Å². The van der Waals surface area contributed by atoms with Gasteiger partial charge in [-0.3, -0.25) is 9.36 Å². The number of hydrogen-bond donors (Lipinski definition) is 1. The largest absolute Gasteiger partial charge is 0.497 e. The van der Waals surface area contributed by atoms with E-state index in [1.54, 1.807) is 11.7 Å². The molecular weight excluding hydrogens is 374 g/mol. The summed E-state index contributed by atoms with van der Waals surface area (Å²) in [6.45, 7) is 2.01. The molecule has 2 heterocycles. The maximum absolute atomic E-state index is 12.6. The number of rotatable bonds is 4. The molecule has 0 aliphatic carbocycles. The molecule has 3 aromatic rings. The molecule has 0 saturated carbocycles. The van der Waals surface area contributed by atoms with Crippen LogP contribution in [0.3, 0.4) is 0 Å². The Hall–Kier alpha value is -3.26. The molecule has 142 valence electrons. The van der Waals surface area contributed by atoms with Gasteiger partial charge in [0.25, 0.3) is 11.9 Å². The van der Waals surface area contributed by atoms with Gasteiger partial charge in [0.15, 0.2) is 0 Å². The summed E-state index contributed by atoms with van der Waals surface area (Å²) in [4.78, 5) is 12.6. The standard InChI is InChI=1S/C20H19N5O2S/c1-13-3-7-15(8-4-13)24-19(21-22-20(24)28)25-18(26)12-11-17(23-25)14-5-9-16(27-2)10-6-14/h3-10H,11-12H2,1-2H3,(H,22,28). The molecule has 8 heteroatoms. The van der Waals surface area contributed by atoms with Crippen LogP contribution in [0, 0.1) is 11.7 Å². The summed E-state index contributed by atoms with van der Waals surface area (Å²) in [6.07, 6.45) is 0.912. The van der Waals surface area contributed by atoms with Gasteiger partial charge < -0.3 is 4.74 Å². The van der Waals surface area contributed by atoms with E-state index in [4.69, 9.17) is 17.0 Å². The lowest BCUT2D eigenvalue weighted by molar-refractivity contribution is -0.118. The van der Waals surface area contributed by atoms with Crippen LogP contribution in [0.4, 0.5) is 5.95 Å². The fourth-order valence-corrected chi connectivity index (χ4v) is 3.29. The van der Waals surface area contributed by atoms with Crippen LogP contribution in [0.25, 0.3) is 5.69 Å². The summed E-state index contributed by atoms with van der Waals surface area (Å²) in [5, 5.41) is 13.0. The lowest BCUT2D eigenvalue weighted by atomic mass is 10.0. The Morgan fingerprint density at radius 3 is 2.46 bits per heavy atom. The predicted molar refractivity (Wildman–Crippen MR) is 110 cm³/mol. The lowest BCUT2D eigenvalue weighted by Gasteiger charge is -2.23. The summed E-state index contributed by atoms with van der Waals surface area (Å²) in [5.41, 5.74) is 3.70. The Morgan fingerprint density at radius 1 is 1.07 bits per heavy atom. The van der Waals surface area contributed by atoms with Crippen LogP contribution in [-0.2, 0) is 4.79 Å². The minimum Gasteiger partial charge on any atom is -0.497 e. The molecule has 0 saturated heterocycles. The molecule has 1 N–H and O–H groups in total. The van der Waals surface area contributed by atoms with Crippen molar-refractivity contribution in [1.82, 2.24) is 14.8 Å². The van der Waals surface area contributed by atoms with Crippen LogP contribution in [0.2, 0.25) is 0 Å². The van der Waals surface area contributed by atoms with E-state index in [1.807, 2.05) is 55.5 Å². The normalized spacial score (nSPS) is 14.1. The SMILES string of the molecule is COc1ccc(C2=NN(c3n[nH]c(=S)n3-c3ccc(C)cc3)C(=O)CC2)cc1. The molecule has 4 rings (SSSR count). The van der Waals surface area contributed by atoms with Gasteiger partial charge in [0.2, 0.25) is 4.77 Å². The first-order valence-electron chi connectivity index (χ1n) is 8.86. The molecule has 0 fully saturated rings. The summed E-state index contributed by atoms with van der Waals surface area (Å²) in [7, 11) is 1.63. The van der Waals surface area contributed by atoms with Crippen LogP contribution >= 0.6 is 12.2 Å². The number of hydrazone groups is 1. The quantitative estimate of drug-likeness (QED) is 0.685. The van der Waals surface area contributed by atoms with Gasteiger partial charge in [-0.05, 0) is 61.1 Å². The Bertz CT molecular complexity index is 1100. The predicted octanol–water partition coefficient (Wildman–Crippen LogP) is 3.78. The number of nitrogens with zero attached hydrogens (tertiary/aromatic N) is 4. The van der Waals surface area contributed by atoms with Crippen molar-refractivity contribution >= 4 is 29.8 Å². The molecule has 2 aromatic carbocycles. The average Bonchev–Trinajstić information content (AvgIpc) is 3.10. The first-order valence-corrected chi connectivity index (χ1v) is 9.27.